The summed E-state index contributed by atoms with van der Waals surface area (Å²) in [5, 5.41) is 30.1. The topological polar surface area (TPSA) is 194 Å². The van der Waals surface area contributed by atoms with E-state index in [1.807, 2.05) is 41.5 Å². The standard InChI is InChI=1S/C4H6N2O.2C3H4N2O.3C3H4N2S/c1-3-4(2)6-7-5-3;1-3-5-4-2-6-3;1-3-2-4-6-5-3;1-3-5-4-2-6-3;1-3-4-2-5-6-3;1-3-2-4-6-5-3/h1-2H3;5*2H,1H3. The fourth-order valence-electron chi connectivity index (χ4n) is 1.38. The van der Waals surface area contributed by atoms with Crippen LogP contribution in [0.4, 0.5) is 0 Å². The third kappa shape index (κ3) is 17.2. The van der Waals surface area contributed by atoms with E-state index in [4.69, 9.17) is 0 Å². The van der Waals surface area contributed by atoms with Crippen LogP contribution in [0.3, 0.4) is 0 Å². The molecular formula is C19H26N12O3S3. The van der Waals surface area contributed by atoms with Crippen molar-refractivity contribution in [3.05, 3.63) is 69.3 Å². The molecule has 0 radical (unpaired) electrons. The summed E-state index contributed by atoms with van der Waals surface area (Å²) < 4.78 is 24.5. The van der Waals surface area contributed by atoms with Crippen LogP contribution in [0.25, 0.3) is 0 Å². The molecule has 15 nitrogen and oxygen atoms in total. The molecule has 0 saturated carbocycles. The molecule has 6 rings (SSSR count). The van der Waals surface area contributed by atoms with E-state index in [0.29, 0.717) is 5.89 Å². The molecule has 198 valence electrons. The molecule has 0 saturated heterocycles. The van der Waals surface area contributed by atoms with Gasteiger partial charge in [0.2, 0.25) is 12.3 Å². The van der Waals surface area contributed by atoms with E-state index >= 15 is 0 Å². The van der Waals surface area contributed by atoms with Gasteiger partial charge in [-0.1, -0.05) is 20.6 Å². The van der Waals surface area contributed by atoms with Gasteiger partial charge in [0.05, 0.1) is 29.8 Å². The lowest BCUT2D eigenvalue weighted by Crippen LogP contribution is -1.71. The number of rotatable bonds is 0. The summed E-state index contributed by atoms with van der Waals surface area (Å²) in [5.74, 6) is 0.606. The average molecular weight is 567 g/mol. The zero-order valence-electron chi connectivity index (χ0n) is 21.2. The Labute approximate surface area is 224 Å². The van der Waals surface area contributed by atoms with E-state index in [-0.39, 0.29) is 0 Å². The van der Waals surface area contributed by atoms with E-state index in [2.05, 4.69) is 72.8 Å². The number of aromatic nitrogens is 12. The molecule has 37 heavy (non-hydrogen) atoms. The maximum absolute atomic E-state index is 4.61. The minimum Gasteiger partial charge on any atom is -0.428 e. The third-order valence-corrected chi connectivity index (χ3v) is 4.99. The van der Waals surface area contributed by atoms with Gasteiger partial charge in [0.15, 0.2) is 0 Å². The van der Waals surface area contributed by atoms with Crippen molar-refractivity contribution in [3.8, 4) is 0 Å². The molecule has 0 aromatic carbocycles. The first kappa shape index (κ1) is 31.1. The van der Waals surface area contributed by atoms with Gasteiger partial charge in [-0.25, -0.2) is 14.2 Å². The SMILES string of the molecule is Cc1cnon1.Cc1cnsn1.Cc1ncns1.Cc1nnco1.Cc1nncs1.Cc1nonc1C. The first-order valence-electron chi connectivity index (χ1n) is 10.2. The van der Waals surface area contributed by atoms with Crippen LogP contribution >= 0.6 is 34.6 Å². The quantitative estimate of drug-likeness (QED) is 0.256. The van der Waals surface area contributed by atoms with Crippen LogP contribution in [0.15, 0.2) is 44.3 Å². The molecule has 6 aromatic heterocycles. The lowest BCUT2D eigenvalue weighted by molar-refractivity contribution is 0.302. The summed E-state index contributed by atoms with van der Waals surface area (Å²) in [6, 6.07) is 0. The lowest BCUT2D eigenvalue weighted by Gasteiger charge is -1.71. The number of aryl methyl sites for hydroxylation is 7. The molecule has 6 heterocycles. The molecule has 0 unspecified atom stereocenters. The van der Waals surface area contributed by atoms with Crippen molar-refractivity contribution in [2.24, 2.45) is 0 Å². The molecule has 0 bridgehead atoms. The Morgan fingerprint density at radius 1 is 0.730 bits per heavy atom. The second kappa shape index (κ2) is 19.3. The van der Waals surface area contributed by atoms with Gasteiger partial charge in [0, 0.05) is 6.92 Å². The molecule has 0 fully saturated rings. The van der Waals surface area contributed by atoms with E-state index < -0.39 is 0 Å². The zero-order chi connectivity index (χ0) is 27.3. The normalized spacial score (nSPS) is 8.95. The van der Waals surface area contributed by atoms with E-state index in [1.165, 1.54) is 29.7 Å². The van der Waals surface area contributed by atoms with Crippen molar-refractivity contribution >= 4 is 34.6 Å². The smallest absolute Gasteiger partial charge is 0.213 e. The summed E-state index contributed by atoms with van der Waals surface area (Å²) in [7, 11) is 0. The highest BCUT2D eigenvalue weighted by Crippen LogP contribution is 1.95. The van der Waals surface area contributed by atoms with Gasteiger partial charge in [-0.3, -0.25) is 0 Å². The minimum atomic E-state index is 0.606. The van der Waals surface area contributed by atoms with Gasteiger partial charge >= 0.3 is 0 Å². The average Bonchev–Trinajstić information content (AvgIpc) is 3.68. The molecule has 18 heteroatoms. The van der Waals surface area contributed by atoms with Crippen LogP contribution in [0.5, 0.6) is 0 Å². The van der Waals surface area contributed by atoms with Crippen LogP contribution < -0.4 is 0 Å². The van der Waals surface area contributed by atoms with Crippen LogP contribution in [0, 0.1) is 48.5 Å². The number of hydrogen-bond donors (Lipinski definition) is 0. The van der Waals surface area contributed by atoms with Crippen molar-refractivity contribution in [3.63, 3.8) is 0 Å². The van der Waals surface area contributed by atoms with Crippen molar-refractivity contribution in [1.29, 1.82) is 0 Å². The first-order chi connectivity index (χ1) is 17.8. The summed E-state index contributed by atoms with van der Waals surface area (Å²) >= 11 is 4.21. The molecule has 0 aliphatic rings. The predicted octanol–water partition coefficient (Wildman–Crippen LogP) is 3.98. The van der Waals surface area contributed by atoms with Gasteiger partial charge in [-0.15, -0.1) is 31.7 Å². The predicted molar refractivity (Wildman–Crippen MR) is 136 cm³/mol. The van der Waals surface area contributed by atoms with E-state index in [9.17, 15) is 0 Å². The molecular weight excluding hydrogens is 540 g/mol. The maximum Gasteiger partial charge on any atom is 0.213 e. The first-order valence-corrected chi connectivity index (χ1v) is 12.6. The Bertz CT molecular complexity index is 1040. The molecule has 0 aliphatic heterocycles. The molecule has 0 atom stereocenters. The Morgan fingerprint density at radius 3 is 1.65 bits per heavy atom. The highest BCUT2D eigenvalue weighted by Gasteiger charge is 1.93. The zero-order valence-corrected chi connectivity index (χ0v) is 23.7. The van der Waals surface area contributed by atoms with Gasteiger partial charge < -0.3 is 4.42 Å². The molecule has 0 amide bonds. The minimum absolute atomic E-state index is 0.606. The van der Waals surface area contributed by atoms with Crippen LogP contribution in [0.2, 0.25) is 0 Å². The van der Waals surface area contributed by atoms with Gasteiger partial charge in [0.1, 0.15) is 38.9 Å². The van der Waals surface area contributed by atoms with Crippen molar-refractivity contribution in [2.75, 3.05) is 0 Å². The number of nitrogens with zero attached hydrogens (tertiary/aromatic N) is 12. The largest absolute Gasteiger partial charge is 0.428 e. The second-order valence-electron chi connectivity index (χ2n) is 6.41. The van der Waals surface area contributed by atoms with Crippen molar-refractivity contribution in [2.45, 2.75) is 48.5 Å². The Morgan fingerprint density at radius 2 is 1.49 bits per heavy atom. The van der Waals surface area contributed by atoms with E-state index in [1.54, 1.807) is 42.5 Å². The Kier molecular flexibility index (Phi) is 16.2. The molecule has 0 aliphatic carbocycles. The molecule has 0 spiro atoms. The van der Waals surface area contributed by atoms with Gasteiger partial charge in [0.25, 0.3) is 0 Å². The highest BCUT2D eigenvalue weighted by molar-refractivity contribution is 7.09. The highest BCUT2D eigenvalue weighted by atomic mass is 32.1. The Balaban J connectivity index is 0.000000222. The monoisotopic (exact) mass is 566 g/mol. The Hall–Kier alpha value is -3.90. The lowest BCUT2D eigenvalue weighted by atomic mass is 10.4. The summed E-state index contributed by atoms with van der Waals surface area (Å²) in [5.41, 5.74) is 5.25. The number of hydrogen-bond acceptors (Lipinski definition) is 18. The third-order valence-electron chi connectivity index (χ3n) is 3.23. The maximum atomic E-state index is 4.61. The summed E-state index contributed by atoms with van der Waals surface area (Å²) in [4.78, 5) is 3.82. The summed E-state index contributed by atoms with van der Waals surface area (Å²) in [6.07, 6.45) is 6.15. The van der Waals surface area contributed by atoms with Crippen molar-refractivity contribution in [1.82, 2.24) is 59.1 Å². The van der Waals surface area contributed by atoms with Crippen molar-refractivity contribution < 1.29 is 13.7 Å². The van der Waals surface area contributed by atoms with Gasteiger partial charge in [-0.2, -0.15) is 13.1 Å². The fourth-order valence-corrected chi connectivity index (χ4v) is 2.49. The molecule has 6 aromatic rings. The van der Waals surface area contributed by atoms with E-state index in [0.717, 1.165) is 32.8 Å². The van der Waals surface area contributed by atoms with Crippen LogP contribution in [-0.4, -0.2) is 59.1 Å². The van der Waals surface area contributed by atoms with Crippen LogP contribution in [0.1, 0.15) is 38.7 Å². The molecule has 0 N–H and O–H groups in total. The van der Waals surface area contributed by atoms with Crippen LogP contribution in [-0.2, 0) is 0 Å². The van der Waals surface area contributed by atoms with Gasteiger partial charge in [-0.05, 0) is 53.1 Å². The fraction of sp³-hybridized carbons (Fsp3) is 0.368. The summed E-state index contributed by atoms with van der Waals surface area (Å²) in [6.45, 7) is 13.0. The second-order valence-corrected chi connectivity index (χ2v) is 8.99.